The lowest BCUT2D eigenvalue weighted by molar-refractivity contribution is 0.311. The zero-order valence-corrected chi connectivity index (χ0v) is 18.4. The number of hydrogen-bond donors (Lipinski definition) is 1. The lowest BCUT2D eigenvalue weighted by atomic mass is 10.1. The van der Waals surface area contributed by atoms with Gasteiger partial charge in [0.1, 0.15) is 11.6 Å². The Morgan fingerprint density at radius 1 is 1.06 bits per heavy atom. The molecule has 0 radical (unpaired) electrons. The van der Waals surface area contributed by atoms with Gasteiger partial charge in [0.25, 0.3) is 0 Å². The van der Waals surface area contributed by atoms with E-state index >= 15 is 0 Å². The van der Waals surface area contributed by atoms with Crippen LogP contribution in [0.5, 0.6) is 11.8 Å². The van der Waals surface area contributed by atoms with Crippen molar-refractivity contribution in [3.05, 3.63) is 52.5 Å². The first kappa shape index (κ1) is 20.4. The van der Waals surface area contributed by atoms with Crippen molar-refractivity contribution in [2.24, 2.45) is 0 Å². The number of aromatic nitrogens is 3. The molecule has 2 aliphatic rings. The molecule has 32 heavy (non-hydrogen) atoms. The molecule has 5 rings (SSSR count). The minimum Gasteiger partial charge on any atom is -0.421 e. The normalized spacial score (nSPS) is 16.1. The van der Waals surface area contributed by atoms with Gasteiger partial charge in [0, 0.05) is 38.3 Å². The van der Waals surface area contributed by atoms with E-state index in [4.69, 9.17) is 9.26 Å². The maximum Gasteiger partial charge on any atom is 0.326 e. The molecule has 1 aromatic carbocycles. The van der Waals surface area contributed by atoms with Gasteiger partial charge in [0.2, 0.25) is 5.88 Å². The summed E-state index contributed by atoms with van der Waals surface area (Å²) < 4.78 is 25.9. The molecule has 0 unspecified atom stereocenters. The number of fused-ring (bicyclic) bond motifs is 1. The van der Waals surface area contributed by atoms with E-state index in [9.17, 15) is 4.39 Å². The van der Waals surface area contributed by atoms with Crippen molar-refractivity contribution in [1.29, 1.82) is 0 Å². The predicted molar refractivity (Wildman–Crippen MR) is 120 cm³/mol. The Balaban J connectivity index is 1.47. The molecule has 9 heteroatoms. The van der Waals surface area contributed by atoms with Crippen LogP contribution in [0.25, 0.3) is 6.08 Å². The zero-order valence-electron chi connectivity index (χ0n) is 18.4. The van der Waals surface area contributed by atoms with Gasteiger partial charge in [-0.1, -0.05) is 16.8 Å². The quantitative estimate of drug-likeness (QED) is 0.639. The van der Waals surface area contributed by atoms with E-state index in [1.54, 1.807) is 12.1 Å². The van der Waals surface area contributed by atoms with Gasteiger partial charge >= 0.3 is 6.01 Å². The van der Waals surface area contributed by atoms with Gasteiger partial charge < -0.3 is 24.4 Å². The minimum atomic E-state index is -0.430. The van der Waals surface area contributed by atoms with Gasteiger partial charge in [-0.2, -0.15) is 9.97 Å². The third-order valence-electron chi connectivity index (χ3n) is 5.66. The fourth-order valence-corrected chi connectivity index (χ4v) is 3.96. The van der Waals surface area contributed by atoms with E-state index in [1.165, 1.54) is 11.6 Å². The SMILES string of the molecule is CC1=Cc2cc(Oc3nc(Nc4cc(C)no4)cc(N4CCN(C)CC4)n3)c(F)cc2C1. The molecular weight excluding hydrogens is 411 g/mol. The maximum atomic E-state index is 14.7. The fourth-order valence-electron chi connectivity index (χ4n) is 3.96. The number of aryl methyl sites for hydroxylation is 1. The summed E-state index contributed by atoms with van der Waals surface area (Å²) in [7, 11) is 2.10. The van der Waals surface area contributed by atoms with Crippen molar-refractivity contribution in [3.63, 3.8) is 0 Å². The van der Waals surface area contributed by atoms with Crippen LogP contribution in [-0.2, 0) is 6.42 Å². The Labute approximate surface area is 185 Å². The number of piperazine rings is 1. The molecule has 1 aliphatic carbocycles. The molecule has 166 valence electrons. The van der Waals surface area contributed by atoms with Gasteiger partial charge in [-0.15, -0.1) is 0 Å². The van der Waals surface area contributed by atoms with Crippen molar-refractivity contribution in [1.82, 2.24) is 20.0 Å². The highest BCUT2D eigenvalue weighted by molar-refractivity contribution is 5.65. The van der Waals surface area contributed by atoms with Crippen LogP contribution in [0.2, 0.25) is 0 Å². The van der Waals surface area contributed by atoms with Crippen molar-refractivity contribution in [3.8, 4) is 11.8 Å². The summed E-state index contributed by atoms with van der Waals surface area (Å²) in [4.78, 5) is 13.4. The van der Waals surface area contributed by atoms with Crippen molar-refractivity contribution < 1.29 is 13.7 Å². The first-order chi connectivity index (χ1) is 15.4. The van der Waals surface area contributed by atoms with E-state index in [1.807, 2.05) is 26.0 Å². The van der Waals surface area contributed by atoms with E-state index in [-0.39, 0.29) is 11.8 Å². The van der Waals surface area contributed by atoms with Gasteiger partial charge in [-0.05, 0) is 50.6 Å². The molecule has 1 aliphatic heterocycles. The van der Waals surface area contributed by atoms with Crippen LogP contribution >= 0.6 is 0 Å². The number of allylic oxidation sites excluding steroid dienone is 1. The molecule has 1 saturated heterocycles. The number of likely N-dealkylation sites (N-methyl/N-ethyl adjacent to an activating group) is 1. The third kappa shape index (κ3) is 4.29. The summed E-state index contributed by atoms with van der Waals surface area (Å²) in [5.41, 5.74) is 3.87. The standard InChI is InChI=1S/C23H25FN6O2/c1-14-8-16-11-18(24)19(12-17(16)9-14)31-23-26-20(25-22-10-15(2)28-32-22)13-21(27-23)30-6-4-29(3)5-7-30/h9-13H,4-8H2,1-3H3,(H,25,26,27). The largest absolute Gasteiger partial charge is 0.421 e. The summed E-state index contributed by atoms with van der Waals surface area (Å²) in [6, 6.07) is 6.91. The molecule has 0 bridgehead atoms. The summed E-state index contributed by atoms with van der Waals surface area (Å²) in [5.74, 6) is 1.32. The molecule has 3 aromatic rings. The molecule has 8 nitrogen and oxygen atoms in total. The Morgan fingerprint density at radius 2 is 1.88 bits per heavy atom. The van der Waals surface area contributed by atoms with Crippen LogP contribution in [0.4, 0.5) is 21.9 Å². The van der Waals surface area contributed by atoms with Crippen LogP contribution in [0.3, 0.4) is 0 Å². The lowest BCUT2D eigenvalue weighted by Crippen LogP contribution is -2.44. The number of nitrogens with zero attached hydrogens (tertiary/aromatic N) is 5. The highest BCUT2D eigenvalue weighted by Crippen LogP contribution is 2.33. The predicted octanol–water partition coefficient (Wildman–Crippen LogP) is 4.16. The van der Waals surface area contributed by atoms with Crippen molar-refractivity contribution in [2.45, 2.75) is 20.3 Å². The van der Waals surface area contributed by atoms with E-state index in [2.05, 4.69) is 37.3 Å². The van der Waals surface area contributed by atoms with Crippen molar-refractivity contribution in [2.75, 3.05) is 43.4 Å². The topological polar surface area (TPSA) is 79.5 Å². The fraction of sp³-hybridized carbons (Fsp3) is 0.348. The van der Waals surface area contributed by atoms with Gasteiger partial charge in [0.15, 0.2) is 11.6 Å². The highest BCUT2D eigenvalue weighted by atomic mass is 19.1. The monoisotopic (exact) mass is 436 g/mol. The third-order valence-corrected chi connectivity index (χ3v) is 5.66. The minimum absolute atomic E-state index is 0.0673. The molecular formula is C23H25FN6O2. The van der Waals surface area contributed by atoms with Gasteiger partial charge in [-0.25, -0.2) is 4.39 Å². The second-order valence-electron chi connectivity index (χ2n) is 8.39. The smallest absolute Gasteiger partial charge is 0.326 e. The Morgan fingerprint density at radius 3 is 2.62 bits per heavy atom. The maximum absolute atomic E-state index is 14.7. The second-order valence-corrected chi connectivity index (χ2v) is 8.39. The molecule has 0 amide bonds. The number of rotatable bonds is 5. The number of benzene rings is 1. The van der Waals surface area contributed by atoms with E-state index in [0.29, 0.717) is 17.5 Å². The average Bonchev–Trinajstić information content (AvgIpc) is 3.32. The van der Waals surface area contributed by atoms with E-state index < -0.39 is 5.82 Å². The number of halogens is 1. The first-order valence-electron chi connectivity index (χ1n) is 10.6. The van der Waals surface area contributed by atoms with Crippen molar-refractivity contribution >= 4 is 23.6 Å². The van der Waals surface area contributed by atoms with Gasteiger partial charge in [-0.3, -0.25) is 0 Å². The van der Waals surface area contributed by atoms with Crippen LogP contribution < -0.4 is 15.0 Å². The van der Waals surface area contributed by atoms with Crippen LogP contribution in [0, 0.1) is 12.7 Å². The van der Waals surface area contributed by atoms with E-state index in [0.717, 1.165) is 49.4 Å². The van der Waals surface area contributed by atoms with Crippen LogP contribution in [-0.4, -0.2) is 53.3 Å². The Hall–Kier alpha value is -3.46. The molecule has 0 atom stereocenters. The molecule has 1 N–H and O–H groups in total. The number of hydrogen-bond acceptors (Lipinski definition) is 8. The molecule has 3 heterocycles. The summed E-state index contributed by atoms with van der Waals surface area (Å²) >= 11 is 0. The van der Waals surface area contributed by atoms with Crippen LogP contribution in [0.1, 0.15) is 23.7 Å². The second kappa shape index (κ2) is 8.23. The Bertz CT molecular complexity index is 1180. The summed E-state index contributed by atoms with van der Waals surface area (Å²) in [5, 5.41) is 6.99. The van der Waals surface area contributed by atoms with Crippen LogP contribution in [0.15, 0.2) is 34.4 Å². The van der Waals surface area contributed by atoms with Gasteiger partial charge in [0.05, 0.1) is 5.69 Å². The number of anilines is 3. The summed E-state index contributed by atoms with van der Waals surface area (Å²) in [6.07, 6.45) is 2.80. The molecule has 0 spiro atoms. The number of nitrogens with one attached hydrogen (secondary N) is 1. The zero-order chi connectivity index (χ0) is 22.2. The lowest BCUT2D eigenvalue weighted by Gasteiger charge is -2.33. The first-order valence-corrected chi connectivity index (χ1v) is 10.6. The highest BCUT2D eigenvalue weighted by Gasteiger charge is 2.20. The average molecular weight is 436 g/mol. The number of ether oxygens (including phenoxy) is 1. The molecule has 1 fully saturated rings. The Kier molecular flexibility index (Phi) is 5.26. The summed E-state index contributed by atoms with van der Waals surface area (Å²) in [6.45, 7) is 7.37. The molecule has 0 saturated carbocycles. The molecule has 2 aromatic heterocycles.